The average molecular weight is 491 g/mol. The zero-order valence-corrected chi connectivity index (χ0v) is 19.4. The summed E-state index contributed by atoms with van der Waals surface area (Å²) in [6, 6.07) is 7.55. The lowest BCUT2D eigenvalue weighted by Crippen LogP contribution is -2.09. The van der Waals surface area contributed by atoms with Crippen LogP contribution in [0.25, 0.3) is 11.1 Å². The highest BCUT2D eigenvalue weighted by molar-refractivity contribution is 5.82. The number of methoxy groups -OCH3 is 2. The van der Waals surface area contributed by atoms with Crippen molar-refractivity contribution in [1.82, 2.24) is 0 Å². The Hall–Kier alpha value is -2.56. The summed E-state index contributed by atoms with van der Waals surface area (Å²) in [5.74, 6) is 2.21. The first-order valence-corrected chi connectivity index (χ1v) is 11.4. The molecule has 0 aliphatic carbocycles. The highest BCUT2D eigenvalue weighted by Crippen LogP contribution is 2.47. The molecule has 9 nitrogen and oxygen atoms in total. The first-order valence-electron chi connectivity index (χ1n) is 11.4. The van der Waals surface area contributed by atoms with Gasteiger partial charge < -0.3 is 43.0 Å². The Balaban J connectivity index is 0.00000289. The number of aliphatic hydroxyl groups is 1. The molecule has 0 saturated carbocycles. The molecule has 35 heavy (non-hydrogen) atoms. The molecule has 192 valence electrons. The predicted molar refractivity (Wildman–Crippen MR) is 128 cm³/mol. The van der Waals surface area contributed by atoms with Gasteiger partial charge in [-0.1, -0.05) is 7.43 Å². The van der Waals surface area contributed by atoms with Crippen molar-refractivity contribution in [2.75, 3.05) is 53.9 Å². The standard InChI is InChI=1S/C25H30O9.CH4/c1-27-22-5-15(7-26)3-20(24(22)33-13-18-11-31-18)21-4-16(8-29-9-17-10-30-17)6-23(28-2)25(21)34-14-19-12-32-19;/h3-6,17-19,26H,7-14H2,1-2H3;1H4. The van der Waals surface area contributed by atoms with Crippen LogP contribution < -0.4 is 18.9 Å². The normalized spacial score (nSPS) is 21.6. The van der Waals surface area contributed by atoms with Gasteiger partial charge in [0.15, 0.2) is 23.0 Å². The molecule has 0 amide bonds. The van der Waals surface area contributed by atoms with Gasteiger partial charge in [-0.2, -0.15) is 0 Å². The number of hydrogen-bond donors (Lipinski definition) is 1. The molecule has 3 heterocycles. The van der Waals surface area contributed by atoms with E-state index in [1.807, 2.05) is 18.2 Å². The van der Waals surface area contributed by atoms with E-state index >= 15 is 0 Å². The van der Waals surface area contributed by atoms with Gasteiger partial charge >= 0.3 is 0 Å². The van der Waals surface area contributed by atoms with E-state index in [-0.39, 0.29) is 32.3 Å². The Morgan fingerprint density at radius 2 is 1.20 bits per heavy atom. The Labute approximate surface area is 205 Å². The second kappa shape index (κ2) is 11.5. The van der Waals surface area contributed by atoms with E-state index < -0.39 is 0 Å². The van der Waals surface area contributed by atoms with Crippen LogP contribution >= 0.6 is 0 Å². The molecule has 3 aliphatic rings. The summed E-state index contributed by atoms with van der Waals surface area (Å²) in [4.78, 5) is 0. The van der Waals surface area contributed by atoms with Crippen LogP contribution in [0.15, 0.2) is 24.3 Å². The molecule has 0 aromatic heterocycles. The van der Waals surface area contributed by atoms with Crippen LogP contribution in [-0.2, 0) is 32.2 Å². The first-order chi connectivity index (χ1) is 16.7. The predicted octanol–water partition coefficient (Wildman–Crippen LogP) is 2.97. The van der Waals surface area contributed by atoms with Crippen molar-refractivity contribution in [2.45, 2.75) is 39.0 Å². The third-order valence-electron chi connectivity index (χ3n) is 5.75. The lowest BCUT2D eigenvalue weighted by molar-refractivity contribution is 0.104. The molecule has 1 N–H and O–H groups in total. The van der Waals surface area contributed by atoms with Gasteiger partial charge in [-0.05, 0) is 35.4 Å². The van der Waals surface area contributed by atoms with Crippen molar-refractivity contribution >= 4 is 0 Å². The van der Waals surface area contributed by atoms with E-state index in [4.69, 9.17) is 37.9 Å². The molecule has 2 aromatic carbocycles. The SMILES string of the molecule is C.COc1cc(CO)cc(-c2cc(COCC3CO3)cc(OC)c2OCC2CO2)c1OCC1CO1. The molecule has 3 atom stereocenters. The van der Waals surface area contributed by atoms with Crippen LogP contribution in [0.1, 0.15) is 18.6 Å². The van der Waals surface area contributed by atoms with Gasteiger partial charge in [0, 0.05) is 11.1 Å². The summed E-state index contributed by atoms with van der Waals surface area (Å²) in [5.41, 5.74) is 3.07. The maximum Gasteiger partial charge on any atom is 0.169 e. The number of hydrogen-bond acceptors (Lipinski definition) is 9. The van der Waals surface area contributed by atoms with E-state index in [1.54, 1.807) is 20.3 Å². The molecule has 3 saturated heterocycles. The minimum absolute atomic E-state index is 0. The third kappa shape index (κ3) is 6.56. The average Bonchev–Trinajstić information content (AvgIpc) is 3.70. The second-order valence-electron chi connectivity index (χ2n) is 8.51. The van der Waals surface area contributed by atoms with Crippen LogP contribution in [0.5, 0.6) is 23.0 Å². The Kier molecular flexibility index (Phi) is 8.35. The van der Waals surface area contributed by atoms with Crippen LogP contribution in [-0.4, -0.2) is 77.3 Å². The monoisotopic (exact) mass is 490 g/mol. The fraction of sp³-hybridized carbons (Fsp3) is 0.538. The molecule has 0 radical (unpaired) electrons. The highest BCUT2D eigenvalue weighted by atomic mass is 16.6. The maximum absolute atomic E-state index is 9.91. The number of rotatable bonds is 14. The summed E-state index contributed by atoms with van der Waals surface area (Å²) in [7, 11) is 3.18. The Morgan fingerprint density at radius 3 is 1.66 bits per heavy atom. The molecule has 5 rings (SSSR count). The van der Waals surface area contributed by atoms with Gasteiger partial charge in [-0.3, -0.25) is 0 Å². The summed E-state index contributed by atoms with van der Waals surface area (Å²) in [6.45, 7) is 3.67. The maximum atomic E-state index is 9.91. The molecule has 3 aliphatic heterocycles. The van der Waals surface area contributed by atoms with Crippen molar-refractivity contribution in [3.8, 4) is 34.1 Å². The largest absolute Gasteiger partial charge is 0.493 e. The summed E-state index contributed by atoms with van der Waals surface area (Å²) < 4.78 is 45.4. The van der Waals surface area contributed by atoms with Gasteiger partial charge in [0.2, 0.25) is 0 Å². The fourth-order valence-corrected chi connectivity index (χ4v) is 3.65. The van der Waals surface area contributed by atoms with E-state index in [0.717, 1.165) is 23.3 Å². The minimum atomic E-state index is -0.150. The summed E-state index contributed by atoms with van der Waals surface area (Å²) in [6.07, 6.45) is 0.314. The Morgan fingerprint density at radius 1 is 0.743 bits per heavy atom. The van der Waals surface area contributed by atoms with E-state index in [2.05, 4.69) is 0 Å². The molecule has 9 heteroatoms. The summed E-state index contributed by atoms with van der Waals surface area (Å²) in [5, 5.41) is 9.91. The Bertz CT molecular complexity index is 997. The number of benzene rings is 2. The third-order valence-corrected chi connectivity index (χ3v) is 5.75. The molecule has 0 spiro atoms. The van der Waals surface area contributed by atoms with E-state index in [0.29, 0.717) is 68.2 Å². The van der Waals surface area contributed by atoms with Crippen LogP contribution in [0.3, 0.4) is 0 Å². The number of aliphatic hydroxyl groups excluding tert-OH is 1. The number of ether oxygens (including phenoxy) is 8. The molecule has 2 aromatic rings. The number of epoxide rings is 3. The second-order valence-corrected chi connectivity index (χ2v) is 8.51. The lowest BCUT2D eigenvalue weighted by Gasteiger charge is -2.21. The minimum Gasteiger partial charge on any atom is -0.493 e. The van der Waals surface area contributed by atoms with Gasteiger partial charge in [0.05, 0.1) is 53.9 Å². The van der Waals surface area contributed by atoms with Crippen molar-refractivity contribution in [1.29, 1.82) is 0 Å². The van der Waals surface area contributed by atoms with Gasteiger partial charge in [-0.15, -0.1) is 0 Å². The van der Waals surface area contributed by atoms with E-state index in [9.17, 15) is 5.11 Å². The fourth-order valence-electron chi connectivity index (χ4n) is 3.65. The quantitative estimate of drug-likeness (QED) is 0.400. The van der Waals surface area contributed by atoms with Crippen LogP contribution in [0.4, 0.5) is 0 Å². The molecule has 3 unspecified atom stereocenters. The molecular weight excluding hydrogens is 456 g/mol. The molecular formula is C26H34O9. The van der Waals surface area contributed by atoms with Gasteiger partial charge in [0.25, 0.3) is 0 Å². The molecule has 3 fully saturated rings. The zero-order valence-electron chi connectivity index (χ0n) is 19.4. The van der Waals surface area contributed by atoms with Gasteiger partial charge in [-0.25, -0.2) is 0 Å². The topological polar surface area (TPSA) is 104 Å². The zero-order chi connectivity index (χ0) is 23.5. The van der Waals surface area contributed by atoms with Crippen molar-refractivity contribution in [3.63, 3.8) is 0 Å². The van der Waals surface area contributed by atoms with Crippen molar-refractivity contribution in [2.24, 2.45) is 0 Å². The van der Waals surface area contributed by atoms with Crippen molar-refractivity contribution < 1.29 is 43.0 Å². The molecule has 0 bridgehead atoms. The van der Waals surface area contributed by atoms with E-state index in [1.165, 1.54) is 0 Å². The smallest absolute Gasteiger partial charge is 0.169 e. The first kappa shape index (κ1) is 25.5. The van der Waals surface area contributed by atoms with Crippen LogP contribution in [0.2, 0.25) is 0 Å². The lowest BCUT2D eigenvalue weighted by atomic mass is 9.97. The highest BCUT2D eigenvalue weighted by Gasteiger charge is 2.29. The van der Waals surface area contributed by atoms with Gasteiger partial charge in [0.1, 0.15) is 31.5 Å². The van der Waals surface area contributed by atoms with Crippen molar-refractivity contribution in [3.05, 3.63) is 35.4 Å². The van der Waals surface area contributed by atoms with Crippen LogP contribution in [0, 0.1) is 0 Å². The summed E-state index contributed by atoms with van der Waals surface area (Å²) >= 11 is 0.